The van der Waals surface area contributed by atoms with Crippen molar-refractivity contribution in [3.8, 4) is 5.75 Å². The molecule has 1 saturated heterocycles. The summed E-state index contributed by atoms with van der Waals surface area (Å²) in [4.78, 5) is 18.2. The molecule has 0 spiro atoms. The van der Waals surface area contributed by atoms with Crippen LogP contribution >= 0.6 is 11.8 Å². The van der Waals surface area contributed by atoms with Gasteiger partial charge in [0.25, 0.3) is 0 Å². The van der Waals surface area contributed by atoms with E-state index in [1.54, 1.807) is 31.4 Å². The predicted octanol–water partition coefficient (Wildman–Crippen LogP) is 2.56. The first-order valence-corrected chi connectivity index (χ1v) is 8.34. The number of ether oxygens (including phenoxy) is 1. The van der Waals surface area contributed by atoms with Crippen LogP contribution in [0.15, 0.2) is 43.0 Å². The lowest BCUT2D eigenvalue weighted by Crippen LogP contribution is -2.30. The average molecular weight is 317 g/mol. The van der Waals surface area contributed by atoms with Gasteiger partial charge in [-0.25, -0.2) is 4.98 Å². The summed E-state index contributed by atoms with van der Waals surface area (Å²) in [6.07, 6.45) is 6.43. The number of aromatic nitrogens is 2. The van der Waals surface area contributed by atoms with Crippen molar-refractivity contribution in [3.05, 3.63) is 48.5 Å². The monoisotopic (exact) mass is 317 g/mol. The molecule has 6 heteroatoms. The number of carbonyl (C=O) groups is 1. The Morgan fingerprint density at radius 2 is 2.23 bits per heavy atom. The number of rotatable bonds is 6. The Balaban J connectivity index is 1.69. The highest BCUT2D eigenvalue weighted by molar-refractivity contribution is 8.00. The number of para-hydroxylation sites is 1. The van der Waals surface area contributed by atoms with Gasteiger partial charge in [0, 0.05) is 31.0 Å². The van der Waals surface area contributed by atoms with Gasteiger partial charge in [0.2, 0.25) is 5.91 Å². The highest BCUT2D eigenvalue weighted by Gasteiger charge is 2.33. The zero-order valence-corrected chi connectivity index (χ0v) is 13.3. The molecule has 0 bridgehead atoms. The highest BCUT2D eigenvalue weighted by Crippen LogP contribution is 2.42. The Bertz CT molecular complexity index is 630. The molecule has 22 heavy (non-hydrogen) atoms. The highest BCUT2D eigenvalue weighted by atomic mass is 32.2. The van der Waals surface area contributed by atoms with Crippen LogP contribution in [0.5, 0.6) is 5.75 Å². The van der Waals surface area contributed by atoms with Gasteiger partial charge in [-0.15, -0.1) is 11.8 Å². The summed E-state index contributed by atoms with van der Waals surface area (Å²) in [6, 6.07) is 7.93. The summed E-state index contributed by atoms with van der Waals surface area (Å²) in [7, 11) is 1.67. The SMILES string of the molecule is COc1ccccc1C1SCC(=O)N1CCCn1ccnc1. The van der Waals surface area contributed by atoms with Crippen LogP contribution in [0.2, 0.25) is 0 Å². The van der Waals surface area contributed by atoms with Crippen LogP contribution < -0.4 is 4.74 Å². The van der Waals surface area contributed by atoms with E-state index in [1.807, 2.05) is 39.9 Å². The maximum absolute atomic E-state index is 12.2. The Labute approximate surface area is 134 Å². The maximum atomic E-state index is 12.2. The lowest BCUT2D eigenvalue weighted by Gasteiger charge is -2.25. The lowest BCUT2D eigenvalue weighted by atomic mass is 10.1. The number of nitrogens with zero attached hydrogens (tertiary/aromatic N) is 3. The number of methoxy groups -OCH3 is 1. The van der Waals surface area contributed by atoms with Crippen LogP contribution in [0.3, 0.4) is 0 Å². The predicted molar refractivity (Wildman–Crippen MR) is 86.8 cm³/mol. The van der Waals surface area contributed by atoms with Crippen molar-refractivity contribution < 1.29 is 9.53 Å². The fourth-order valence-corrected chi connectivity index (χ4v) is 3.91. The second kappa shape index (κ2) is 6.87. The normalized spacial score (nSPS) is 18.0. The minimum Gasteiger partial charge on any atom is -0.496 e. The number of thioether (sulfide) groups is 1. The molecule has 5 nitrogen and oxygen atoms in total. The molecule has 1 unspecified atom stereocenters. The summed E-state index contributed by atoms with van der Waals surface area (Å²) in [5.74, 6) is 1.58. The number of carbonyl (C=O) groups excluding carboxylic acids is 1. The molecule has 1 amide bonds. The van der Waals surface area contributed by atoms with Gasteiger partial charge >= 0.3 is 0 Å². The second-order valence-corrected chi connectivity index (χ2v) is 6.22. The molecule has 1 atom stereocenters. The number of benzene rings is 1. The molecule has 3 rings (SSSR count). The van der Waals surface area contributed by atoms with E-state index in [2.05, 4.69) is 4.98 Å². The van der Waals surface area contributed by atoms with Gasteiger partial charge in [-0.05, 0) is 12.5 Å². The third-order valence-corrected chi connectivity index (χ3v) is 4.99. The van der Waals surface area contributed by atoms with Gasteiger partial charge in [0.15, 0.2) is 0 Å². The van der Waals surface area contributed by atoms with E-state index in [0.29, 0.717) is 5.75 Å². The standard InChI is InChI=1S/C16H19N3O2S/c1-21-14-6-3-2-5-13(14)16-19(15(20)11-22-16)9-4-8-18-10-7-17-12-18/h2-3,5-7,10,12,16H,4,8-9,11H2,1H3. The molecule has 0 saturated carbocycles. The van der Waals surface area contributed by atoms with E-state index < -0.39 is 0 Å². The third-order valence-electron chi connectivity index (χ3n) is 3.75. The topological polar surface area (TPSA) is 47.4 Å². The largest absolute Gasteiger partial charge is 0.496 e. The van der Waals surface area contributed by atoms with Crippen LogP contribution in [0.25, 0.3) is 0 Å². The van der Waals surface area contributed by atoms with E-state index in [9.17, 15) is 4.79 Å². The van der Waals surface area contributed by atoms with Crippen molar-refractivity contribution in [2.45, 2.75) is 18.3 Å². The van der Waals surface area contributed by atoms with Gasteiger partial charge in [0.05, 0.1) is 19.2 Å². The summed E-state index contributed by atoms with van der Waals surface area (Å²) in [5.41, 5.74) is 1.07. The van der Waals surface area contributed by atoms with Gasteiger partial charge < -0.3 is 14.2 Å². The smallest absolute Gasteiger partial charge is 0.233 e. The van der Waals surface area contributed by atoms with E-state index in [-0.39, 0.29) is 11.3 Å². The van der Waals surface area contributed by atoms with Crippen molar-refractivity contribution in [1.82, 2.24) is 14.5 Å². The molecular weight excluding hydrogens is 298 g/mol. The average Bonchev–Trinajstić information content (AvgIpc) is 3.18. The Kier molecular flexibility index (Phi) is 4.68. The minimum atomic E-state index is 0.0476. The van der Waals surface area contributed by atoms with Crippen molar-refractivity contribution >= 4 is 17.7 Å². The summed E-state index contributed by atoms with van der Waals surface area (Å²) >= 11 is 1.67. The Morgan fingerprint density at radius 1 is 1.36 bits per heavy atom. The van der Waals surface area contributed by atoms with Crippen LogP contribution in [-0.2, 0) is 11.3 Å². The molecule has 1 aliphatic rings. The Morgan fingerprint density at radius 3 is 3.00 bits per heavy atom. The van der Waals surface area contributed by atoms with Crippen molar-refractivity contribution in [1.29, 1.82) is 0 Å². The molecule has 1 fully saturated rings. The second-order valence-electron chi connectivity index (χ2n) is 5.15. The number of amides is 1. The van der Waals surface area contributed by atoms with Gasteiger partial charge in [-0.2, -0.15) is 0 Å². The maximum Gasteiger partial charge on any atom is 0.233 e. The summed E-state index contributed by atoms with van der Waals surface area (Å²) in [5, 5.41) is 0.0476. The lowest BCUT2D eigenvalue weighted by molar-refractivity contribution is -0.128. The Hall–Kier alpha value is -1.95. The number of hydrogen-bond acceptors (Lipinski definition) is 4. The van der Waals surface area contributed by atoms with Gasteiger partial charge in [0.1, 0.15) is 11.1 Å². The van der Waals surface area contributed by atoms with Crippen LogP contribution in [0, 0.1) is 0 Å². The fraction of sp³-hybridized carbons (Fsp3) is 0.375. The van der Waals surface area contributed by atoms with E-state index in [4.69, 9.17) is 4.74 Å². The van der Waals surface area contributed by atoms with Crippen molar-refractivity contribution in [2.24, 2.45) is 0 Å². The summed E-state index contributed by atoms with van der Waals surface area (Å²) in [6.45, 7) is 1.61. The van der Waals surface area contributed by atoms with Crippen molar-refractivity contribution in [3.63, 3.8) is 0 Å². The molecule has 1 aliphatic heterocycles. The number of imidazole rings is 1. The van der Waals surface area contributed by atoms with Crippen LogP contribution in [0.1, 0.15) is 17.4 Å². The quantitative estimate of drug-likeness (QED) is 0.821. The first-order chi connectivity index (χ1) is 10.8. The molecule has 2 aromatic rings. The van der Waals surface area contributed by atoms with Crippen molar-refractivity contribution in [2.75, 3.05) is 19.4 Å². The molecule has 0 radical (unpaired) electrons. The van der Waals surface area contributed by atoms with E-state index in [1.165, 1.54) is 0 Å². The molecule has 1 aromatic carbocycles. The first kappa shape index (κ1) is 15.0. The van der Waals surface area contributed by atoms with E-state index in [0.717, 1.165) is 30.8 Å². The minimum absolute atomic E-state index is 0.0476. The molecule has 116 valence electrons. The third kappa shape index (κ3) is 3.11. The molecule has 2 heterocycles. The van der Waals surface area contributed by atoms with Crippen LogP contribution in [-0.4, -0.2) is 39.8 Å². The van der Waals surface area contributed by atoms with Gasteiger partial charge in [-0.3, -0.25) is 4.79 Å². The first-order valence-electron chi connectivity index (χ1n) is 7.29. The van der Waals surface area contributed by atoms with Gasteiger partial charge in [-0.1, -0.05) is 18.2 Å². The fourth-order valence-electron chi connectivity index (χ4n) is 2.67. The van der Waals surface area contributed by atoms with E-state index >= 15 is 0 Å². The number of hydrogen-bond donors (Lipinski definition) is 0. The molecule has 1 aromatic heterocycles. The molecule has 0 N–H and O–H groups in total. The van der Waals surface area contributed by atoms with Crippen LogP contribution in [0.4, 0.5) is 0 Å². The summed E-state index contributed by atoms with van der Waals surface area (Å²) < 4.78 is 7.47. The molecule has 0 aliphatic carbocycles. The zero-order chi connectivity index (χ0) is 15.4. The number of aryl methyl sites for hydroxylation is 1. The zero-order valence-electron chi connectivity index (χ0n) is 12.5. The molecular formula is C16H19N3O2S.